The van der Waals surface area contributed by atoms with Crippen molar-refractivity contribution in [2.24, 2.45) is 11.7 Å². The van der Waals surface area contributed by atoms with Crippen LogP contribution in [0.25, 0.3) is 0 Å². The smallest absolute Gasteiger partial charge is 0.290 e. The second kappa shape index (κ2) is 5.10. The summed E-state index contributed by atoms with van der Waals surface area (Å²) < 4.78 is 4.99. The van der Waals surface area contributed by atoms with Gasteiger partial charge in [-0.25, -0.2) is 0 Å². The van der Waals surface area contributed by atoms with E-state index >= 15 is 0 Å². The zero-order chi connectivity index (χ0) is 13.2. The predicted molar refractivity (Wildman–Crippen MR) is 68.1 cm³/mol. The van der Waals surface area contributed by atoms with Gasteiger partial charge < -0.3 is 15.6 Å². The molecule has 1 heterocycles. The molecule has 1 aliphatic carbocycles. The highest BCUT2D eigenvalue weighted by molar-refractivity contribution is 5.92. The Morgan fingerprint density at radius 3 is 3.00 bits per heavy atom. The lowest BCUT2D eigenvalue weighted by molar-refractivity contribution is 0.0776. The van der Waals surface area contributed by atoms with Crippen LogP contribution >= 0.6 is 0 Å². The van der Waals surface area contributed by atoms with Gasteiger partial charge in [0, 0.05) is 12.6 Å². The molecule has 0 bridgehead atoms. The Kier molecular flexibility index (Phi) is 3.71. The van der Waals surface area contributed by atoms with Crippen LogP contribution in [0, 0.1) is 12.8 Å². The number of amides is 1. The molecule has 2 rings (SSSR count). The van der Waals surface area contributed by atoms with Crippen LogP contribution in [-0.4, -0.2) is 23.1 Å². The van der Waals surface area contributed by atoms with Crippen LogP contribution in [0.15, 0.2) is 10.6 Å². The molecule has 0 spiro atoms. The molecule has 18 heavy (non-hydrogen) atoms. The fraction of sp³-hybridized carbons (Fsp3) is 0.692. The third-order valence-corrected chi connectivity index (χ3v) is 4.03. The van der Waals surface area contributed by atoms with E-state index < -0.39 is 0 Å². The number of nitrogens with one attached hydrogen (secondary N) is 1. The average Bonchev–Trinajstić information content (AvgIpc) is 2.79. The molecule has 5 nitrogen and oxygen atoms in total. The van der Waals surface area contributed by atoms with Crippen molar-refractivity contribution in [1.82, 2.24) is 10.5 Å². The maximum atomic E-state index is 12.1. The van der Waals surface area contributed by atoms with Crippen molar-refractivity contribution in [2.45, 2.75) is 45.1 Å². The van der Waals surface area contributed by atoms with E-state index in [4.69, 9.17) is 10.3 Å². The highest BCUT2D eigenvalue weighted by Crippen LogP contribution is 2.33. The number of carbonyl (C=O) groups is 1. The molecule has 2 unspecified atom stereocenters. The van der Waals surface area contributed by atoms with Crippen molar-refractivity contribution >= 4 is 5.91 Å². The van der Waals surface area contributed by atoms with E-state index in [2.05, 4.69) is 17.4 Å². The van der Waals surface area contributed by atoms with Gasteiger partial charge in [-0.1, -0.05) is 24.9 Å². The standard InChI is InChI=1S/C13H21N3O2/c1-9-5-3-4-6-13(9,8-14)15-12(17)11-7-10(2)16-18-11/h7,9H,3-6,8,14H2,1-2H3,(H,15,17). The van der Waals surface area contributed by atoms with E-state index in [9.17, 15) is 4.79 Å². The molecule has 0 radical (unpaired) electrons. The number of aromatic nitrogens is 1. The first kappa shape index (κ1) is 13.1. The van der Waals surface area contributed by atoms with Gasteiger partial charge in [0.05, 0.1) is 11.2 Å². The van der Waals surface area contributed by atoms with Crippen LogP contribution in [0.5, 0.6) is 0 Å². The summed E-state index contributed by atoms with van der Waals surface area (Å²) in [5.74, 6) is 0.442. The summed E-state index contributed by atoms with van der Waals surface area (Å²) in [6.07, 6.45) is 4.36. The molecule has 0 aliphatic heterocycles. The molecule has 1 saturated carbocycles. The van der Waals surface area contributed by atoms with Crippen molar-refractivity contribution in [1.29, 1.82) is 0 Å². The number of hydrogen-bond donors (Lipinski definition) is 2. The van der Waals surface area contributed by atoms with Gasteiger partial charge in [0.15, 0.2) is 0 Å². The second-order valence-corrected chi connectivity index (χ2v) is 5.29. The topological polar surface area (TPSA) is 81.2 Å². The van der Waals surface area contributed by atoms with Crippen molar-refractivity contribution in [3.63, 3.8) is 0 Å². The highest BCUT2D eigenvalue weighted by atomic mass is 16.5. The van der Waals surface area contributed by atoms with Crippen LogP contribution in [0.2, 0.25) is 0 Å². The van der Waals surface area contributed by atoms with Crippen LogP contribution in [-0.2, 0) is 0 Å². The predicted octanol–water partition coefficient (Wildman–Crippen LogP) is 1.62. The number of rotatable bonds is 3. The van der Waals surface area contributed by atoms with E-state index in [1.54, 1.807) is 13.0 Å². The van der Waals surface area contributed by atoms with Crippen LogP contribution in [0.3, 0.4) is 0 Å². The van der Waals surface area contributed by atoms with E-state index in [1.807, 2.05) is 0 Å². The third-order valence-electron chi connectivity index (χ3n) is 4.03. The summed E-state index contributed by atoms with van der Waals surface area (Å²) >= 11 is 0. The minimum absolute atomic E-state index is 0.213. The van der Waals surface area contributed by atoms with E-state index in [0.29, 0.717) is 18.2 Å². The molecule has 1 aromatic heterocycles. The molecule has 3 N–H and O–H groups in total. The third kappa shape index (κ3) is 2.41. The molecule has 0 saturated heterocycles. The Morgan fingerprint density at radius 2 is 2.44 bits per heavy atom. The number of carbonyl (C=O) groups excluding carboxylic acids is 1. The molecule has 1 fully saturated rings. The first-order valence-corrected chi connectivity index (χ1v) is 6.53. The van der Waals surface area contributed by atoms with Gasteiger partial charge in [-0.15, -0.1) is 0 Å². The summed E-state index contributed by atoms with van der Waals surface area (Å²) in [6.45, 7) is 4.41. The Balaban J connectivity index is 2.12. The Morgan fingerprint density at radius 1 is 1.67 bits per heavy atom. The highest BCUT2D eigenvalue weighted by Gasteiger charge is 2.38. The molecular formula is C13H21N3O2. The number of aryl methyl sites for hydroxylation is 1. The zero-order valence-electron chi connectivity index (χ0n) is 11.0. The SMILES string of the molecule is Cc1cc(C(=O)NC2(CN)CCCCC2C)on1. The van der Waals surface area contributed by atoms with Gasteiger partial charge in [0.25, 0.3) is 5.91 Å². The van der Waals surface area contributed by atoms with E-state index in [0.717, 1.165) is 19.3 Å². The first-order valence-electron chi connectivity index (χ1n) is 6.53. The van der Waals surface area contributed by atoms with Crippen molar-refractivity contribution < 1.29 is 9.32 Å². The normalized spacial score (nSPS) is 28.1. The van der Waals surface area contributed by atoms with Gasteiger partial charge in [-0.05, 0) is 25.7 Å². The summed E-state index contributed by atoms with van der Waals surface area (Å²) in [7, 11) is 0. The van der Waals surface area contributed by atoms with Crippen molar-refractivity contribution in [2.75, 3.05) is 6.54 Å². The summed E-state index contributed by atoms with van der Waals surface area (Å²) in [5, 5.41) is 6.80. The minimum atomic E-state index is -0.296. The van der Waals surface area contributed by atoms with Crippen LogP contribution in [0.1, 0.15) is 48.9 Å². The molecular weight excluding hydrogens is 230 g/mol. The lowest BCUT2D eigenvalue weighted by Gasteiger charge is -2.42. The monoisotopic (exact) mass is 251 g/mol. The van der Waals surface area contributed by atoms with E-state index in [1.165, 1.54) is 6.42 Å². The Labute approximate surface area is 107 Å². The van der Waals surface area contributed by atoms with Gasteiger partial charge >= 0.3 is 0 Å². The summed E-state index contributed by atoms with van der Waals surface area (Å²) in [4.78, 5) is 12.1. The molecule has 1 amide bonds. The van der Waals surface area contributed by atoms with Crippen LogP contribution in [0.4, 0.5) is 0 Å². The quantitative estimate of drug-likeness (QED) is 0.855. The number of nitrogens with two attached hydrogens (primary N) is 1. The fourth-order valence-electron chi connectivity index (χ4n) is 2.71. The van der Waals surface area contributed by atoms with E-state index in [-0.39, 0.29) is 17.2 Å². The molecule has 1 aliphatic rings. The van der Waals surface area contributed by atoms with Gasteiger partial charge in [0.2, 0.25) is 5.76 Å². The lowest BCUT2D eigenvalue weighted by Crippen LogP contribution is -2.59. The lowest BCUT2D eigenvalue weighted by atomic mass is 9.73. The minimum Gasteiger partial charge on any atom is -0.351 e. The number of hydrogen-bond acceptors (Lipinski definition) is 4. The number of nitrogens with zero attached hydrogens (tertiary/aromatic N) is 1. The maximum absolute atomic E-state index is 12.1. The van der Waals surface area contributed by atoms with Gasteiger partial charge in [0.1, 0.15) is 0 Å². The molecule has 2 atom stereocenters. The zero-order valence-corrected chi connectivity index (χ0v) is 11.0. The second-order valence-electron chi connectivity index (χ2n) is 5.29. The Hall–Kier alpha value is -1.36. The molecule has 1 aromatic rings. The molecule has 5 heteroatoms. The largest absolute Gasteiger partial charge is 0.351 e. The fourth-order valence-corrected chi connectivity index (χ4v) is 2.71. The average molecular weight is 251 g/mol. The van der Waals surface area contributed by atoms with Crippen molar-refractivity contribution in [3.05, 3.63) is 17.5 Å². The summed E-state index contributed by atoms with van der Waals surface area (Å²) in [5.41, 5.74) is 6.31. The van der Waals surface area contributed by atoms with Gasteiger partial charge in [-0.2, -0.15) is 0 Å². The molecule has 100 valence electrons. The van der Waals surface area contributed by atoms with Crippen molar-refractivity contribution in [3.8, 4) is 0 Å². The Bertz CT molecular complexity index is 430. The summed E-state index contributed by atoms with van der Waals surface area (Å²) in [6, 6.07) is 1.65. The molecule has 0 aromatic carbocycles. The first-order chi connectivity index (χ1) is 8.57. The van der Waals surface area contributed by atoms with Crippen LogP contribution < -0.4 is 11.1 Å². The maximum Gasteiger partial charge on any atom is 0.290 e. The van der Waals surface area contributed by atoms with Gasteiger partial charge in [-0.3, -0.25) is 4.79 Å².